The highest BCUT2D eigenvalue weighted by Gasteiger charge is 2.33. The van der Waals surface area contributed by atoms with E-state index in [4.69, 9.17) is 4.43 Å². The molecular formula is C9H22OSi2. The van der Waals surface area contributed by atoms with Gasteiger partial charge in [-0.2, -0.15) is 0 Å². The molecule has 0 saturated carbocycles. The van der Waals surface area contributed by atoms with Crippen molar-refractivity contribution in [3.05, 3.63) is 0 Å². The summed E-state index contributed by atoms with van der Waals surface area (Å²) in [7, 11) is -0.833. The maximum atomic E-state index is 5.79. The van der Waals surface area contributed by atoms with Gasteiger partial charge in [0.2, 0.25) is 0 Å². The van der Waals surface area contributed by atoms with Crippen molar-refractivity contribution in [3.8, 4) is 0 Å². The monoisotopic (exact) mass is 202 g/mol. The molecule has 1 saturated heterocycles. The lowest BCUT2D eigenvalue weighted by molar-refractivity contribution is 0.332. The molecule has 1 aliphatic heterocycles. The maximum Gasteiger partial charge on any atom is 0.151 e. The van der Waals surface area contributed by atoms with E-state index in [1.165, 1.54) is 19.3 Å². The highest BCUT2D eigenvalue weighted by molar-refractivity contribution is 7.22. The van der Waals surface area contributed by atoms with Crippen molar-refractivity contribution >= 4 is 16.9 Å². The van der Waals surface area contributed by atoms with Crippen LogP contribution in [0.4, 0.5) is 0 Å². The zero-order valence-electron chi connectivity index (χ0n) is 8.57. The Morgan fingerprint density at radius 1 is 1.25 bits per heavy atom. The molecular weight excluding hydrogens is 180 g/mol. The van der Waals surface area contributed by atoms with Crippen molar-refractivity contribution in [2.75, 3.05) is 6.61 Å². The van der Waals surface area contributed by atoms with Crippen LogP contribution in [0.1, 0.15) is 33.1 Å². The van der Waals surface area contributed by atoms with Crippen molar-refractivity contribution in [2.24, 2.45) is 0 Å². The van der Waals surface area contributed by atoms with Gasteiger partial charge in [-0.25, -0.2) is 0 Å². The van der Waals surface area contributed by atoms with Gasteiger partial charge >= 0.3 is 0 Å². The predicted molar refractivity (Wildman–Crippen MR) is 59.9 cm³/mol. The standard InChI is InChI=1S/C9H22OSi2/c1-3-7-12(8-4-2)9-5-6-10-11-12/h3-9,11H2,1-2H3. The molecule has 0 aromatic rings. The summed E-state index contributed by atoms with van der Waals surface area (Å²) < 4.78 is 5.79. The van der Waals surface area contributed by atoms with Gasteiger partial charge in [-0.1, -0.05) is 44.8 Å². The quantitative estimate of drug-likeness (QED) is 0.636. The molecule has 0 aliphatic carbocycles. The molecule has 0 N–H and O–H groups in total. The van der Waals surface area contributed by atoms with Crippen LogP contribution in [-0.4, -0.2) is 23.5 Å². The van der Waals surface area contributed by atoms with E-state index in [0.717, 1.165) is 6.61 Å². The summed E-state index contributed by atoms with van der Waals surface area (Å²) in [6, 6.07) is 4.72. The summed E-state index contributed by atoms with van der Waals surface area (Å²) in [4.78, 5) is 0. The minimum Gasteiger partial charge on any atom is -0.427 e. The van der Waals surface area contributed by atoms with E-state index in [0.29, 0.717) is 0 Å². The molecule has 72 valence electrons. The number of hydrogen-bond donors (Lipinski definition) is 0. The van der Waals surface area contributed by atoms with Crippen molar-refractivity contribution < 1.29 is 4.43 Å². The lowest BCUT2D eigenvalue weighted by atomic mass is 10.5. The van der Waals surface area contributed by atoms with Crippen LogP contribution < -0.4 is 0 Å². The van der Waals surface area contributed by atoms with E-state index in [1.54, 1.807) is 18.1 Å². The molecule has 0 unspecified atom stereocenters. The highest BCUT2D eigenvalue weighted by Crippen LogP contribution is 2.27. The molecule has 0 atom stereocenters. The van der Waals surface area contributed by atoms with Crippen LogP contribution in [0.15, 0.2) is 0 Å². The zero-order valence-corrected chi connectivity index (χ0v) is 11.0. The first-order valence-electron chi connectivity index (χ1n) is 5.41. The van der Waals surface area contributed by atoms with Gasteiger partial charge in [-0.3, -0.25) is 0 Å². The van der Waals surface area contributed by atoms with E-state index in [2.05, 4.69) is 13.8 Å². The van der Waals surface area contributed by atoms with Gasteiger partial charge in [0, 0.05) is 6.61 Å². The van der Waals surface area contributed by atoms with Crippen LogP contribution in [0.2, 0.25) is 18.1 Å². The second-order valence-corrected chi connectivity index (χ2v) is 14.7. The molecule has 1 rings (SSSR count). The van der Waals surface area contributed by atoms with Gasteiger partial charge in [0.25, 0.3) is 0 Å². The molecule has 0 aromatic carbocycles. The van der Waals surface area contributed by atoms with Gasteiger partial charge in [-0.05, 0) is 6.42 Å². The molecule has 12 heavy (non-hydrogen) atoms. The molecule has 3 heteroatoms. The highest BCUT2D eigenvalue weighted by atomic mass is 29.2. The predicted octanol–water partition coefficient (Wildman–Crippen LogP) is 2.26. The Bertz CT molecular complexity index is 106. The third-order valence-corrected chi connectivity index (χ3v) is 14.2. The molecule has 0 radical (unpaired) electrons. The summed E-state index contributed by atoms with van der Waals surface area (Å²) in [6.45, 7) is 5.77. The first-order valence-corrected chi connectivity index (χ1v) is 10.9. The molecule has 1 nitrogen and oxygen atoms in total. The summed E-state index contributed by atoms with van der Waals surface area (Å²) >= 11 is 0. The number of hydrogen-bond acceptors (Lipinski definition) is 1. The zero-order chi connectivity index (χ0) is 8.86. The van der Waals surface area contributed by atoms with Gasteiger partial charge in [-0.15, -0.1) is 0 Å². The SMILES string of the molecule is CCC[Si]1(CCC)CCCO[SiH2]1. The summed E-state index contributed by atoms with van der Waals surface area (Å²) in [5.74, 6) is 0. The first kappa shape index (κ1) is 10.5. The Hall–Kier alpha value is 0.394. The maximum absolute atomic E-state index is 5.79. The van der Waals surface area contributed by atoms with Crippen molar-refractivity contribution in [1.29, 1.82) is 0 Å². The van der Waals surface area contributed by atoms with Crippen molar-refractivity contribution in [3.63, 3.8) is 0 Å². The van der Waals surface area contributed by atoms with Crippen LogP contribution in [0.5, 0.6) is 0 Å². The molecule has 1 aliphatic rings. The van der Waals surface area contributed by atoms with E-state index in [9.17, 15) is 0 Å². The summed E-state index contributed by atoms with van der Waals surface area (Å²) in [5, 5.41) is 0. The molecule has 0 bridgehead atoms. The fourth-order valence-electron chi connectivity index (χ4n) is 2.49. The molecule has 1 heterocycles. The Morgan fingerprint density at radius 2 is 1.92 bits per heavy atom. The van der Waals surface area contributed by atoms with E-state index >= 15 is 0 Å². The topological polar surface area (TPSA) is 9.23 Å². The molecule has 0 aromatic heterocycles. The van der Waals surface area contributed by atoms with Gasteiger partial charge in [0.05, 0.1) is 7.59 Å². The second kappa shape index (κ2) is 5.19. The normalized spacial score (nSPS) is 24.5. The van der Waals surface area contributed by atoms with Gasteiger partial charge in [0.15, 0.2) is 9.28 Å². The minimum atomic E-state index is -0.766. The Kier molecular flexibility index (Phi) is 4.53. The fraction of sp³-hybridized carbons (Fsp3) is 1.00. The van der Waals surface area contributed by atoms with E-state index in [1.807, 2.05) is 0 Å². The van der Waals surface area contributed by atoms with E-state index < -0.39 is 7.59 Å². The largest absolute Gasteiger partial charge is 0.427 e. The lowest BCUT2D eigenvalue weighted by Gasteiger charge is -2.34. The number of rotatable bonds is 4. The summed E-state index contributed by atoms with van der Waals surface area (Å²) in [6.07, 6.45) is 4.18. The van der Waals surface area contributed by atoms with Crippen LogP contribution in [0, 0.1) is 0 Å². The second-order valence-electron chi connectivity index (χ2n) is 4.16. The average Bonchev–Trinajstić information content (AvgIpc) is 2.07. The Labute approximate surface area is 79.6 Å². The molecule has 0 amide bonds. The van der Waals surface area contributed by atoms with Gasteiger partial charge < -0.3 is 4.43 Å². The fourth-order valence-corrected chi connectivity index (χ4v) is 13.4. The Balaban J connectivity index is 2.44. The third-order valence-electron chi connectivity index (χ3n) is 2.96. The van der Waals surface area contributed by atoms with Crippen LogP contribution >= 0.6 is 0 Å². The summed E-state index contributed by atoms with van der Waals surface area (Å²) in [5.41, 5.74) is 0. The minimum absolute atomic E-state index is 0.0675. The first-order chi connectivity index (χ1) is 5.83. The van der Waals surface area contributed by atoms with Gasteiger partial charge in [0.1, 0.15) is 0 Å². The molecule has 1 fully saturated rings. The average molecular weight is 202 g/mol. The van der Waals surface area contributed by atoms with Crippen molar-refractivity contribution in [1.82, 2.24) is 0 Å². The van der Waals surface area contributed by atoms with Crippen LogP contribution in [0.25, 0.3) is 0 Å². The van der Waals surface area contributed by atoms with Crippen LogP contribution in [-0.2, 0) is 4.43 Å². The lowest BCUT2D eigenvalue weighted by Crippen LogP contribution is -2.46. The van der Waals surface area contributed by atoms with E-state index in [-0.39, 0.29) is 9.28 Å². The van der Waals surface area contributed by atoms with Crippen LogP contribution in [0.3, 0.4) is 0 Å². The molecule has 0 spiro atoms. The third kappa shape index (κ3) is 2.71. The Morgan fingerprint density at radius 3 is 2.33 bits per heavy atom. The smallest absolute Gasteiger partial charge is 0.151 e. The van der Waals surface area contributed by atoms with Crippen molar-refractivity contribution in [2.45, 2.75) is 51.2 Å².